The van der Waals surface area contributed by atoms with Crippen molar-refractivity contribution in [3.8, 4) is 11.5 Å². The molecule has 5 heteroatoms. The van der Waals surface area contributed by atoms with Crippen molar-refractivity contribution in [2.75, 3.05) is 0 Å². The first-order chi connectivity index (χ1) is 8.97. The molecule has 2 aromatic carbocycles. The monoisotopic (exact) mass is 299 g/mol. The maximum atomic E-state index is 12.9. The third kappa shape index (κ3) is 3.38. The van der Waals surface area contributed by atoms with Gasteiger partial charge in [-0.05, 0) is 42.8 Å². The fourth-order valence-corrected chi connectivity index (χ4v) is 1.99. The zero-order valence-corrected chi connectivity index (χ0v) is 11.7. The highest BCUT2D eigenvalue weighted by atomic mass is 35.5. The summed E-state index contributed by atoms with van der Waals surface area (Å²) in [6.45, 7) is 1.86. The molecule has 0 bridgehead atoms. The summed E-state index contributed by atoms with van der Waals surface area (Å²) >= 11 is 12.0. The molecule has 0 aliphatic heterocycles. The van der Waals surface area contributed by atoms with Crippen LogP contribution in [0.1, 0.15) is 18.5 Å². The van der Waals surface area contributed by atoms with Gasteiger partial charge in [0.05, 0.1) is 10.0 Å². The number of benzene rings is 2. The molecule has 0 radical (unpaired) electrons. The Bertz CT molecular complexity index is 602. The van der Waals surface area contributed by atoms with Gasteiger partial charge in [-0.1, -0.05) is 29.3 Å². The van der Waals surface area contributed by atoms with E-state index in [1.807, 2.05) is 13.0 Å². The lowest BCUT2D eigenvalue weighted by molar-refractivity contribution is 0.480. The van der Waals surface area contributed by atoms with E-state index in [4.69, 9.17) is 33.7 Å². The molecular weight excluding hydrogens is 288 g/mol. The largest absolute Gasteiger partial charge is 0.454 e. The summed E-state index contributed by atoms with van der Waals surface area (Å²) in [7, 11) is 0. The topological polar surface area (TPSA) is 35.2 Å². The first-order valence-corrected chi connectivity index (χ1v) is 6.41. The van der Waals surface area contributed by atoms with Crippen molar-refractivity contribution >= 4 is 23.2 Å². The molecule has 2 aromatic rings. The molecule has 0 fully saturated rings. The summed E-state index contributed by atoms with van der Waals surface area (Å²) in [5.74, 6) is 0.369. The molecule has 0 unspecified atom stereocenters. The van der Waals surface area contributed by atoms with Crippen molar-refractivity contribution < 1.29 is 9.13 Å². The zero-order valence-electron chi connectivity index (χ0n) is 10.2. The molecule has 19 heavy (non-hydrogen) atoms. The first-order valence-electron chi connectivity index (χ1n) is 5.65. The molecule has 0 amide bonds. The van der Waals surface area contributed by atoms with Crippen LogP contribution in [0.4, 0.5) is 4.39 Å². The normalized spacial score (nSPS) is 12.3. The number of rotatable bonds is 3. The second-order valence-electron chi connectivity index (χ2n) is 4.16. The highest BCUT2D eigenvalue weighted by Crippen LogP contribution is 2.34. The van der Waals surface area contributed by atoms with Gasteiger partial charge >= 0.3 is 0 Å². The third-order valence-electron chi connectivity index (χ3n) is 2.60. The van der Waals surface area contributed by atoms with E-state index in [1.54, 1.807) is 12.1 Å². The average Bonchev–Trinajstić information content (AvgIpc) is 2.34. The smallest absolute Gasteiger partial charge is 0.146 e. The maximum Gasteiger partial charge on any atom is 0.146 e. The second kappa shape index (κ2) is 5.78. The average molecular weight is 300 g/mol. The van der Waals surface area contributed by atoms with E-state index < -0.39 is 5.82 Å². The van der Waals surface area contributed by atoms with E-state index in [1.165, 1.54) is 18.2 Å². The van der Waals surface area contributed by atoms with E-state index >= 15 is 0 Å². The van der Waals surface area contributed by atoms with Crippen LogP contribution in [-0.2, 0) is 0 Å². The Morgan fingerprint density at radius 3 is 2.16 bits per heavy atom. The summed E-state index contributed by atoms with van der Waals surface area (Å²) in [5, 5.41) is 0.613. The molecular formula is C14H12Cl2FNO. The molecule has 100 valence electrons. The summed E-state index contributed by atoms with van der Waals surface area (Å²) in [5.41, 5.74) is 6.67. The van der Waals surface area contributed by atoms with Crippen LogP contribution in [0.5, 0.6) is 11.5 Å². The van der Waals surface area contributed by atoms with Gasteiger partial charge in [0.2, 0.25) is 0 Å². The van der Waals surface area contributed by atoms with E-state index in [-0.39, 0.29) is 11.1 Å². The van der Waals surface area contributed by atoms with Gasteiger partial charge in [0.15, 0.2) is 0 Å². The minimum atomic E-state index is -0.421. The molecule has 0 spiro atoms. The second-order valence-corrected chi connectivity index (χ2v) is 4.97. The maximum absolute atomic E-state index is 12.9. The quantitative estimate of drug-likeness (QED) is 0.871. The highest BCUT2D eigenvalue weighted by Gasteiger charge is 2.09. The number of nitrogens with two attached hydrogens (primary N) is 1. The number of hydrogen-bond acceptors (Lipinski definition) is 2. The molecule has 0 aliphatic rings. The van der Waals surface area contributed by atoms with Gasteiger partial charge in [-0.25, -0.2) is 4.39 Å². The molecule has 2 N–H and O–H groups in total. The van der Waals surface area contributed by atoms with Gasteiger partial charge in [0.25, 0.3) is 0 Å². The van der Waals surface area contributed by atoms with Gasteiger partial charge in [-0.15, -0.1) is 0 Å². The fraction of sp³-hybridized carbons (Fsp3) is 0.143. The predicted octanol–water partition coefficient (Wildman–Crippen LogP) is 4.94. The third-order valence-corrected chi connectivity index (χ3v) is 3.19. The van der Waals surface area contributed by atoms with Crippen LogP contribution in [0.2, 0.25) is 10.0 Å². The highest BCUT2D eigenvalue weighted by molar-refractivity contribution is 6.32. The molecule has 0 saturated heterocycles. The van der Waals surface area contributed by atoms with Crippen LogP contribution in [0.3, 0.4) is 0 Å². The Morgan fingerprint density at radius 1 is 1.05 bits per heavy atom. The van der Waals surface area contributed by atoms with E-state index in [0.29, 0.717) is 16.5 Å². The van der Waals surface area contributed by atoms with Crippen molar-refractivity contribution in [1.82, 2.24) is 0 Å². The van der Waals surface area contributed by atoms with Crippen LogP contribution < -0.4 is 10.5 Å². The molecule has 0 saturated carbocycles. The minimum absolute atomic E-state index is 0.110. The van der Waals surface area contributed by atoms with Crippen molar-refractivity contribution in [3.05, 3.63) is 57.8 Å². The van der Waals surface area contributed by atoms with Crippen LogP contribution >= 0.6 is 23.2 Å². The molecule has 2 rings (SSSR count). The SMILES string of the molecule is C[C@H](N)c1ccc(Oc2ccc(F)cc2Cl)c(Cl)c1. The van der Waals surface area contributed by atoms with Crippen LogP contribution in [-0.4, -0.2) is 0 Å². The summed E-state index contributed by atoms with van der Waals surface area (Å²) in [6.07, 6.45) is 0. The molecule has 0 aliphatic carbocycles. The Kier molecular flexibility index (Phi) is 4.30. The van der Waals surface area contributed by atoms with E-state index in [0.717, 1.165) is 5.56 Å². The van der Waals surface area contributed by atoms with Crippen molar-refractivity contribution in [2.45, 2.75) is 13.0 Å². The van der Waals surface area contributed by atoms with Crippen molar-refractivity contribution in [2.24, 2.45) is 5.73 Å². The van der Waals surface area contributed by atoms with E-state index in [9.17, 15) is 4.39 Å². The minimum Gasteiger partial charge on any atom is -0.454 e. The van der Waals surface area contributed by atoms with Crippen LogP contribution in [0, 0.1) is 5.82 Å². The lowest BCUT2D eigenvalue weighted by atomic mass is 10.1. The van der Waals surface area contributed by atoms with Gasteiger partial charge in [-0.2, -0.15) is 0 Å². The molecule has 1 atom stereocenters. The van der Waals surface area contributed by atoms with E-state index in [2.05, 4.69) is 0 Å². The molecule has 2 nitrogen and oxygen atoms in total. The Hall–Kier alpha value is -1.29. The van der Waals surface area contributed by atoms with Crippen molar-refractivity contribution in [1.29, 1.82) is 0 Å². The van der Waals surface area contributed by atoms with Gasteiger partial charge < -0.3 is 10.5 Å². The Balaban J connectivity index is 2.28. The summed E-state index contributed by atoms with van der Waals surface area (Å²) in [4.78, 5) is 0. The van der Waals surface area contributed by atoms with Gasteiger partial charge in [0, 0.05) is 6.04 Å². The molecule has 0 heterocycles. The first kappa shape index (κ1) is 14.1. The molecule has 0 aromatic heterocycles. The Morgan fingerprint density at radius 2 is 1.63 bits per heavy atom. The van der Waals surface area contributed by atoms with Crippen molar-refractivity contribution in [3.63, 3.8) is 0 Å². The zero-order chi connectivity index (χ0) is 14.0. The van der Waals surface area contributed by atoms with Crippen LogP contribution in [0.15, 0.2) is 36.4 Å². The number of ether oxygens (including phenoxy) is 1. The predicted molar refractivity (Wildman–Crippen MR) is 75.5 cm³/mol. The standard InChI is InChI=1S/C14H12Cl2FNO/c1-8(18)9-2-4-13(11(15)6-9)19-14-5-3-10(17)7-12(14)16/h2-8H,18H2,1H3/t8-/m0/s1. The number of hydrogen-bond donors (Lipinski definition) is 1. The summed E-state index contributed by atoms with van der Waals surface area (Å²) in [6, 6.07) is 9.06. The van der Waals surface area contributed by atoms with Gasteiger partial charge in [0.1, 0.15) is 17.3 Å². The summed E-state index contributed by atoms with van der Waals surface area (Å²) < 4.78 is 18.5. The number of halogens is 3. The lowest BCUT2D eigenvalue weighted by Crippen LogP contribution is -2.04. The fourth-order valence-electron chi connectivity index (χ4n) is 1.56. The van der Waals surface area contributed by atoms with Crippen LogP contribution in [0.25, 0.3) is 0 Å². The Labute approximate surface area is 120 Å². The van der Waals surface area contributed by atoms with Gasteiger partial charge in [-0.3, -0.25) is 0 Å². The lowest BCUT2D eigenvalue weighted by Gasteiger charge is -2.11.